The molecule has 2 aromatic carbocycles. The molecule has 6 heteroatoms. The summed E-state index contributed by atoms with van der Waals surface area (Å²) in [4.78, 5) is 24.0. The van der Waals surface area contributed by atoms with E-state index in [-0.39, 0.29) is 5.91 Å². The second kappa shape index (κ2) is 8.73. The average molecular weight is 388 g/mol. The largest absolute Gasteiger partial charge is 0.495 e. The maximum atomic E-state index is 12.6. The summed E-state index contributed by atoms with van der Waals surface area (Å²) >= 11 is 0. The molecule has 1 N–H and O–H groups in total. The van der Waals surface area contributed by atoms with Crippen LogP contribution in [-0.4, -0.2) is 36.1 Å². The number of aromatic nitrogens is 2. The van der Waals surface area contributed by atoms with Crippen molar-refractivity contribution in [2.45, 2.75) is 19.3 Å². The van der Waals surface area contributed by atoms with E-state index in [1.54, 1.807) is 13.3 Å². The van der Waals surface area contributed by atoms with Crippen LogP contribution in [0.2, 0.25) is 0 Å². The van der Waals surface area contributed by atoms with Crippen LogP contribution >= 0.6 is 0 Å². The minimum Gasteiger partial charge on any atom is -0.495 e. The highest BCUT2D eigenvalue weighted by Gasteiger charge is 2.14. The molecule has 0 spiro atoms. The van der Waals surface area contributed by atoms with Gasteiger partial charge in [0.15, 0.2) is 0 Å². The van der Waals surface area contributed by atoms with E-state index in [4.69, 9.17) is 9.72 Å². The van der Waals surface area contributed by atoms with Gasteiger partial charge in [0.05, 0.1) is 18.5 Å². The SMILES string of the molecule is COc1ccccc1NC(=O)c1ccc(-c2ccnc(N3CCCCC3)n2)cc1. The highest BCUT2D eigenvalue weighted by atomic mass is 16.5. The van der Waals surface area contributed by atoms with Gasteiger partial charge in [0.25, 0.3) is 5.91 Å². The maximum absolute atomic E-state index is 12.6. The fourth-order valence-corrected chi connectivity index (χ4v) is 3.49. The van der Waals surface area contributed by atoms with Gasteiger partial charge in [-0.15, -0.1) is 0 Å². The fraction of sp³-hybridized carbons (Fsp3) is 0.261. The van der Waals surface area contributed by atoms with Gasteiger partial charge in [-0.05, 0) is 49.6 Å². The summed E-state index contributed by atoms with van der Waals surface area (Å²) in [7, 11) is 1.58. The van der Waals surface area contributed by atoms with Crippen molar-refractivity contribution in [3.63, 3.8) is 0 Å². The van der Waals surface area contributed by atoms with Gasteiger partial charge in [0.2, 0.25) is 5.95 Å². The minimum absolute atomic E-state index is 0.183. The van der Waals surface area contributed by atoms with Crippen molar-refractivity contribution in [2.75, 3.05) is 30.4 Å². The molecular formula is C23H24N4O2. The Kier molecular flexibility index (Phi) is 5.70. The molecule has 3 aromatic rings. The van der Waals surface area contributed by atoms with E-state index < -0.39 is 0 Å². The molecule has 1 saturated heterocycles. The molecule has 148 valence electrons. The molecule has 2 heterocycles. The molecular weight excluding hydrogens is 364 g/mol. The number of nitrogens with one attached hydrogen (secondary N) is 1. The third-order valence-corrected chi connectivity index (χ3v) is 5.08. The maximum Gasteiger partial charge on any atom is 0.255 e. The molecule has 0 unspecified atom stereocenters. The number of piperidine rings is 1. The molecule has 1 aliphatic heterocycles. The van der Waals surface area contributed by atoms with Crippen LogP contribution in [0.15, 0.2) is 60.8 Å². The zero-order valence-electron chi connectivity index (χ0n) is 16.5. The number of carbonyl (C=O) groups excluding carboxylic acids is 1. The van der Waals surface area contributed by atoms with Crippen LogP contribution in [0.1, 0.15) is 29.6 Å². The number of para-hydroxylation sites is 2. The monoisotopic (exact) mass is 388 g/mol. The van der Waals surface area contributed by atoms with Crippen LogP contribution in [0.5, 0.6) is 5.75 Å². The third-order valence-electron chi connectivity index (χ3n) is 5.08. The Bertz CT molecular complexity index is 982. The van der Waals surface area contributed by atoms with Gasteiger partial charge >= 0.3 is 0 Å². The standard InChI is InChI=1S/C23H24N4O2/c1-29-21-8-4-3-7-20(21)25-22(28)18-11-9-17(10-12-18)19-13-14-24-23(26-19)27-15-5-2-6-16-27/h3-4,7-14H,2,5-6,15-16H2,1H3,(H,25,28). The molecule has 29 heavy (non-hydrogen) atoms. The molecule has 0 radical (unpaired) electrons. The summed E-state index contributed by atoms with van der Waals surface area (Å²) in [6.45, 7) is 2.01. The Morgan fingerprint density at radius 1 is 1.00 bits per heavy atom. The van der Waals surface area contributed by atoms with Crippen LogP contribution < -0.4 is 15.0 Å². The Morgan fingerprint density at radius 3 is 2.52 bits per heavy atom. The van der Waals surface area contributed by atoms with Crippen molar-refractivity contribution in [1.82, 2.24) is 9.97 Å². The average Bonchev–Trinajstić information content (AvgIpc) is 2.80. The van der Waals surface area contributed by atoms with Crippen LogP contribution in [0, 0.1) is 0 Å². The Hall–Kier alpha value is -3.41. The van der Waals surface area contributed by atoms with Crippen molar-refractivity contribution in [3.05, 3.63) is 66.4 Å². The molecule has 4 rings (SSSR count). The lowest BCUT2D eigenvalue weighted by molar-refractivity contribution is 0.102. The lowest BCUT2D eigenvalue weighted by Gasteiger charge is -2.26. The van der Waals surface area contributed by atoms with Gasteiger partial charge in [-0.25, -0.2) is 9.97 Å². The normalized spacial score (nSPS) is 13.8. The molecule has 1 aromatic heterocycles. The number of rotatable bonds is 5. The summed E-state index contributed by atoms with van der Waals surface area (Å²) in [6.07, 6.45) is 5.44. The van der Waals surface area contributed by atoms with Gasteiger partial charge in [-0.1, -0.05) is 24.3 Å². The predicted octanol–water partition coefficient (Wildman–Crippen LogP) is 4.39. The Balaban J connectivity index is 1.50. The molecule has 1 fully saturated rings. The van der Waals surface area contributed by atoms with Gasteiger partial charge < -0.3 is 15.0 Å². The highest BCUT2D eigenvalue weighted by Crippen LogP contribution is 2.25. The van der Waals surface area contributed by atoms with Gasteiger partial charge in [0, 0.05) is 30.4 Å². The van der Waals surface area contributed by atoms with Crippen molar-refractivity contribution < 1.29 is 9.53 Å². The van der Waals surface area contributed by atoms with Crippen LogP contribution in [0.4, 0.5) is 11.6 Å². The number of carbonyl (C=O) groups is 1. The first kappa shape index (κ1) is 18.9. The molecule has 1 aliphatic rings. The van der Waals surface area contributed by atoms with Crippen molar-refractivity contribution in [3.8, 4) is 17.0 Å². The number of benzene rings is 2. The molecule has 0 bridgehead atoms. The third kappa shape index (κ3) is 4.37. The van der Waals surface area contributed by atoms with Crippen molar-refractivity contribution in [2.24, 2.45) is 0 Å². The number of anilines is 2. The number of hydrogen-bond acceptors (Lipinski definition) is 5. The number of ether oxygens (including phenoxy) is 1. The van der Waals surface area contributed by atoms with Crippen molar-refractivity contribution >= 4 is 17.5 Å². The lowest BCUT2D eigenvalue weighted by Crippen LogP contribution is -2.30. The fourth-order valence-electron chi connectivity index (χ4n) is 3.49. The van der Waals surface area contributed by atoms with Gasteiger partial charge in [-0.3, -0.25) is 4.79 Å². The first-order valence-electron chi connectivity index (χ1n) is 9.87. The van der Waals surface area contributed by atoms with Crippen LogP contribution in [0.25, 0.3) is 11.3 Å². The zero-order chi connectivity index (χ0) is 20.1. The van der Waals surface area contributed by atoms with E-state index in [0.717, 1.165) is 30.3 Å². The number of amides is 1. The predicted molar refractivity (Wildman–Crippen MR) is 114 cm³/mol. The lowest BCUT2D eigenvalue weighted by atomic mass is 10.1. The topological polar surface area (TPSA) is 67.3 Å². The molecule has 1 amide bonds. The highest BCUT2D eigenvalue weighted by molar-refractivity contribution is 6.05. The van der Waals surface area contributed by atoms with Crippen LogP contribution in [-0.2, 0) is 0 Å². The summed E-state index contributed by atoms with van der Waals surface area (Å²) < 4.78 is 5.29. The summed E-state index contributed by atoms with van der Waals surface area (Å²) in [5.74, 6) is 1.22. The van der Waals surface area contributed by atoms with E-state index in [0.29, 0.717) is 17.0 Å². The van der Waals surface area contributed by atoms with Crippen molar-refractivity contribution in [1.29, 1.82) is 0 Å². The smallest absolute Gasteiger partial charge is 0.255 e. The van der Waals surface area contributed by atoms with Crippen LogP contribution in [0.3, 0.4) is 0 Å². The second-order valence-electron chi connectivity index (χ2n) is 7.02. The summed E-state index contributed by atoms with van der Waals surface area (Å²) in [5, 5.41) is 2.89. The number of hydrogen-bond donors (Lipinski definition) is 1. The first-order chi connectivity index (χ1) is 14.2. The van der Waals surface area contributed by atoms with E-state index in [1.807, 2.05) is 54.6 Å². The zero-order valence-corrected chi connectivity index (χ0v) is 16.5. The first-order valence-corrected chi connectivity index (χ1v) is 9.87. The Labute approximate surface area is 170 Å². The molecule has 6 nitrogen and oxygen atoms in total. The van der Waals surface area contributed by atoms with E-state index in [9.17, 15) is 4.79 Å². The molecule has 0 atom stereocenters. The van der Waals surface area contributed by atoms with E-state index in [2.05, 4.69) is 15.2 Å². The Morgan fingerprint density at radius 2 is 1.76 bits per heavy atom. The number of nitrogens with zero attached hydrogens (tertiary/aromatic N) is 3. The quantitative estimate of drug-likeness (QED) is 0.702. The molecule has 0 saturated carbocycles. The van der Waals surface area contributed by atoms with E-state index in [1.165, 1.54) is 19.3 Å². The summed E-state index contributed by atoms with van der Waals surface area (Å²) in [5.41, 5.74) is 3.03. The summed E-state index contributed by atoms with van der Waals surface area (Å²) in [6, 6.07) is 16.7. The van der Waals surface area contributed by atoms with Gasteiger partial charge in [-0.2, -0.15) is 0 Å². The minimum atomic E-state index is -0.183. The number of methoxy groups -OCH3 is 1. The molecule has 0 aliphatic carbocycles. The van der Waals surface area contributed by atoms with E-state index >= 15 is 0 Å². The second-order valence-corrected chi connectivity index (χ2v) is 7.02. The van der Waals surface area contributed by atoms with Gasteiger partial charge in [0.1, 0.15) is 5.75 Å².